The summed E-state index contributed by atoms with van der Waals surface area (Å²) in [4.78, 5) is 18.1. The predicted molar refractivity (Wildman–Crippen MR) is 108 cm³/mol. The molecule has 4 bridgehead atoms. The van der Waals surface area contributed by atoms with Gasteiger partial charge in [0.2, 0.25) is 5.91 Å². The van der Waals surface area contributed by atoms with Gasteiger partial charge in [-0.25, -0.2) is 0 Å². The highest BCUT2D eigenvalue weighted by molar-refractivity contribution is 5.76. The summed E-state index contributed by atoms with van der Waals surface area (Å²) < 4.78 is 1.86. The molecule has 1 aromatic carbocycles. The van der Waals surface area contributed by atoms with Crippen LogP contribution in [-0.2, 0) is 16.8 Å². The maximum atomic E-state index is 12.9. The fourth-order valence-electron chi connectivity index (χ4n) is 5.62. The molecular formula is C22H29N5O. The van der Waals surface area contributed by atoms with Crippen LogP contribution >= 0.6 is 0 Å². The minimum Gasteiger partial charge on any atom is -0.352 e. The molecule has 5 heterocycles. The molecule has 1 amide bonds. The smallest absolute Gasteiger partial charge is 0.222 e. The molecule has 0 radical (unpaired) electrons. The zero-order chi connectivity index (χ0) is 19.1. The zero-order valence-electron chi connectivity index (χ0n) is 16.6. The zero-order valence-corrected chi connectivity index (χ0v) is 16.6. The second kappa shape index (κ2) is 7.01. The molecule has 0 aliphatic carbocycles. The number of aryl methyl sites for hydroxylation is 2. The van der Waals surface area contributed by atoms with Crippen LogP contribution in [0.4, 0.5) is 0 Å². The molecule has 4 saturated heterocycles. The number of aromatic nitrogens is 2. The molecule has 0 saturated carbocycles. The van der Waals surface area contributed by atoms with Gasteiger partial charge in [-0.15, -0.1) is 0 Å². The largest absolute Gasteiger partial charge is 0.352 e. The maximum Gasteiger partial charge on any atom is 0.222 e. The van der Waals surface area contributed by atoms with Gasteiger partial charge in [0.25, 0.3) is 0 Å². The molecule has 148 valence electrons. The average molecular weight is 380 g/mol. The minimum atomic E-state index is -0.0170. The third kappa shape index (κ3) is 3.14. The number of hydrogen-bond acceptors (Lipinski definition) is 4. The summed E-state index contributed by atoms with van der Waals surface area (Å²) in [6, 6.07) is 13.0. The van der Waals surface area contributed by atoms with Gasteiger partial charge in [-0.1, -0.05) is 30.3 Å². The van der Waals surface area contributed by atoms with E-state index in [0.29, 0.717) is 18.9 Å². The van der Waals surface area contributed by atoms with Gasteiger partial charge in [0, 0.05) is 75.8 Å². The fraction of sp³-hybridized carbons (Fsp3) is 0.545. The van der Waals surface area contributed by atoms with Crippen molar-refractivity contribution in [1.82, 2.24) is 24.9 Å². The maximum absolute atomic E-state index is 12.9. The highest BCUT2D eigenvalue weighted by Gasteiger charge is 2.55. The first-order chi connectivity index (χ1) is 13.6. The lowest BCUT2D eigenvalue weighted by atomic mass is 9.64. The van der Waals surface area contributed by atoms with E-state index in [9.17, 15) is 4.79 Å². The van der Waals surface area contributed by atoms with E-state index in [-0.39, 0.29) is 17.4 Å². The van der Waals surface area contributed by atoms with E-state index in [0.717, 1.165) is 45.0 Å². The summed E-state index contributed by atoms with van der Waals surface area (Å²) in [6.45, 7) is 9.15. The Morgan fingerprint density at radius 2 is 1.86 bits per heavy atom. The van der Waals surface area contributed by atoms with Crippen molar-refractivity contribution in [2.75, 3.05) is 39.3 Å². The van der Waals surface area contributed by atoms with Crippen LogP contribution in [0.3, 0.4) is 0 Å². The second-order valence-corrected chi connectivity index (χ2v) is 8.77. The molecule has 1 aromatic heterocycles. The molecule has 2 aromatic rings. The number of hydrogen-bond donors (Lipinski definition) is 1. The van der Waals surface area contributed by atoms with E-state index >= 15 is 0 Å². The number of nitrogens with zero attached hydrogens (tertiary/aromatic N) is 4. The van der Waals surface area contributed by atoms with Crippen molar-refractivity contribution in [3.63, 3.8) is 0 Å². The molecule has 3 unspecified atom stereocenters. The van der Waals surface area contributed by atoms with Crippen LogP contribution in [-0.4, -0.2) is 70.8 Å². The Kier molecular flexibility index (Phi) is 4.48. The molecule has 28 heavy (non-hydrogen) atoms. The molecule has 4 fully saturated rings. The molecule has 4 aliphatic rings. The molecule has 6 rings (SSSR count). The van der Waals surface area contributed by atoms with E-state index in [1.54, 1.807) is 0 Å². The van der Waals surface area contributed by atoms with Gasteiger partial charge in [0.1, 0.15) is 0 Å². The highest BCUT2D eigenvalue weighted by Crippen LogP contribution is 2.43. The third-order valence-electron chi connectivity index (χ3n) is 6.80. The van der Waals surface area contributed by atoms with E-state index in [1.165, 1.54) is 5.56 Å². The normalized spacial score (nSPS) is 33.6. The molecule has 1 N–H and O–H groups in total. The first kappa shape index (κ1) is 17.9. The van der Waals surface area contributed by atoms with Gasteiger partial charge < -0.3 is 15.1 Å². The number of nitrogens with one attached hydrogen (secondary N) is 1. The van der Waals surface area contributed by atoms with Gasteiger partial charge in [-0.05, 0) is 18.6 Å². The van der Waals surface area contributed by atoms with Crippen molar-refractivity contribution in [2.45, 2.75) is 31.3 Å². The number of piperidine rings is 2. The Bertz CT molecular complexity index is 832. The lowest BCUT2D eigenvalue weighted by Crippen LogP contribution is -2.70. The fourth-order valence-corrected chi connectivity index (χ4v) is 5.62. The van der Waals surface area contributed by atoms with E-state index < -0.39 is 0 Å². The van der Waals surface area contributed by atoms with E-state index in [2.05, 4.69) is 50.5 Å². The van der Waals surface area contributed by atoms with Gasteiger partial charge >= 0.3 is 0 Å². The summed E-state index contributed by atoms with van der Waals surface area (Å²) in [5.74, 6) is 0.630. The Morgan fingerprint density at radius 1 is 1.14 bits per heavy atom. The number of carbonyl (C=O) groups excluding carboxylic acids is 1. The number of carbonyl (C=O) groups is 1. The molecule has 3 atom stereocenters. The van der Waals surface area contributed by atoms with E-state index in [4.69, 9.17) is 0 Å². The van der Waals surface area contributed by atoms with Crippen molar-refractivity contribution in [3.8, 4) is 0 Å². The van der Waals surface area contributed by atoms with Crippen molar-refractivity contribution in [2.24, 2.45) is 5.92 Å². The summed E-state index contributed by atoms with van der Waals surface area (Å²) in [6.07, 6.45) is 2.42. The van der Waals surface area contributed by atoms with Crippen LogP contribution in [0.5, 0.6) is 0 Å². The number of benzene rings is 1. The first-order valence-electron chi connectivity index (χ1n) is 10.4. The summed E-state index contributed by atoms with van der Waals surface area (Å²) >= 11 is 0. The molecular weight excluding hydrogens is 350 g/mol. The summed E-state index contributed by atoms with van der Waals surface area (Å²) in [5.41, 5.74) is 2.34. The Hall–Kier alpha value is -2.18. The first-order valence-corrected chi connectivity index (χ1v) is 10.4. The van der Waals surface area contributed by atoms with Gasteiger partial charge in [-0.2, -0.15) is 5.10 Å². The quantitative estimate of drug-likeness (QED) is 0.850. The van der Waals surface area contributed by atoms with Crippen molar-refractivity contribution >= 4 is 5.91 Å². The predicted octanol–water partition coefficient (Wildman–Crippen LogP) is 1.27. The Labute approximate surface area is 166 Å². The lowest BCUT2D eigenvalue weighted by Gasteiger charge is -2.55. The van der Waals surface area contributed by atoms with Crippen molar-refractivity contribution in [3.05, 3.63) is 53.9 Å². The topological polar surface area (TPSA) is 53.4 Å². The van der Waals surface area contributed by atoms with Gasteiger partial charge in [-0.3, -0.25) is 9.48 Å². The van der Waals surface area contributed by atoms with Crippen LogP contribution in [0, 0.1) is 12.8 Å². The number of amides is 1. The SMILES string of the molecule is Cc1ccn(CCC(=O)NC2C3CN4CCN(C3)CC2(c2ccccc2)C4)n1. The average Bonchev–Trinajstić information content (AvgIpc) is 2.95. The van der Waals surface area contributed by atoms with Crippen LogP contribution in [0.1, 0.15) is 17.7 Å². The lowest BCUT2D eigenvalue weighted by molar-refractivity contribution is -0.124. The Balaban J connectivity index is 1.38. The molecule has 0 spiro atoms. The number of rotatable bonds is 5. The van der Waals surface area contributed by atoms with Crippen molar-refractivity contribution in [1.29, 1.82) is 0 Å². The Morgan fingerprint density at radius 3 is 2.50 bits per heavy atom. The van der Waals surface area contributed by atoms with Gasteiger partial charge in [0.15, 0.2) is 0 Å². The van der Waals surface area contributed by atoms with Crippen LogP contribution < -0.4 is 5.32 Å². The molecule has 6 nitrogen and oxygen atoms in total. The minimum absolute atomic E-state index is 0.0170. The molecule has 6 heteroatoms. The molecule has 4 aliphatic heterocycles. The van der Waals surface area contributed by atoms with Crippen LogP contribution in [0.15, 0.2) is 42.6 Å². The summed E-state index contributed by atoms with van der Waals surface area (Å²) in [5, 5.41) is 7.87. The van der Waals surface area contributed by atoms with Crippen LogP contribution in [0.2, 0.25) is 0 Å². The van der Waals surface area contributed by atoms with Crippen molar-refractivity contribution < 1.29 is 4.79 Å². The highest BCUT2D eigenvalue weighted by atomic mass is 16.1. The monoisotopic (exact) mass is 379 g/mol. The van der Waals surface area contributed by atoms with Crippen LogP contribution in [0.25, 0.3) is 0 Å². The summed E-state index contributed by atoms with van der Waals surface area (Å²) in [7, 11) is 0. The third-order valence-corrected chi connectivity index (χ3v) is 6.80. The standard InChI is InChI=1S/C22H29N5O/c1-17-7-9-27(24-17)10-8-20(28)23-21-18-13-25-11-12-26(14-18)16-22(21,15-25)19-5-3-2-4-6-19/h2-7,9,18,21H,8,10-16H2,1H3,(H,23,28). The number of fused-ring (bicyclic) bond motifs is 1. The van der Waals surface area contributed by atoms with Gasteiger partial charge in [0.05, 0.1) is 5.69 Å². The second-order valence-electron chi connectivity index (χ2n) is 8.77. The van der Waals surface area contributed by atoms with E-state index in [1.807, 2.05) is 23.9 Å².